The Hall–Kier alpha value is -7.42. The fraction of sp³-hybridized carbons (Fsp3) is 0.558. The summed E-state index contributed by atoms with van der Waals surface area (Å²) < 4.78 is 37.3. The van der Waals surface area contributed by atoms with Gasteiger partial charge in [-0.05, 0) is 168 Å². The largest absolute Gasteiger partial charge is 0.391 e. The highest BCUT2D eigenvalue weighted by Crippen LogP contribution is 2.44. The molecule has 25 atom stereocenters. The fourth-order valence-corrected chi connectivity index (χ4v) is 15.2. The zero-order valence-electron chi connectivity index (χ0n) is 61.7. The quantitative estimate of drug-likeness (QED) is 0.0743. The number of pyridine rings is 4. The summed E-state index contributed by atoms with van der Waals surface area (Å²) in [7, 11) is 0. The lowest BCUT2D eigenvalue weighted by Gasteiger charge is -2.23. The van der Waals surface area contributed by atoms with Crippen molar-refractivity contribution in [2.75, 3.05) is 0 Å². The molecule has 0 bridgehead atoms. The van der Waals surface area contributed by atoms with Gasteiger partial charge < -0.3 is 123 Å². The van der Waals surface area contributed by atoms with Gasteiger partial charge in [0.25, 0.3) is 0 Å². The lowest BCUT2D eigenvalue weighted by Crippen LogP contribution is -2.41. The number of hydrogen-bond donors (Lipinski definition) is 15. The first kappa shape index (κ1) is 78.7. The molecular weight excluding hydrogens is 1400 g/mol. The van der Waals surface area contributed by atoms with Crippen molar-refractivity contribution in [3.8, 4) is 0 Å². The lowest BCUT2D eigenvalue weighted by atomic mass is 9.97. The van der Waals surface area contributed by atoms with Gasteiger partial charge in [0.15, 0.2) is 31.1 Å². The van der Waals surface area contributed by atoms with E-state index in [1.807, 2.05) is 117 Å². The van der Waals surface area contributed by atoms with E-state index in [4.69, 9.17) is 23.7 Å². The molecule has 5 aliphatic heterocycles. The van der Waals surface area contributed by atoms with E-state index in [1.54, 1.807) is 78.6 Å². The summed E-state index contributed by atoms with van der Waals surface area (Å²) in [5.41, 5.74) is 8.58. The van der Waals surface area contributed by atoms with Gasteiger partial charge in [0.05, 0.1) is 36.2 Å². The maximum atomic E-state index is 10.3. The van der Waals surface area contributed by atoms with E-state index in [0.29, 0.717) is 28.2 Å². The molecule has 0 aromatic carbocycles. The monoisotopic (exact) mass is 1500 g/mol. The molecule has 2 saturated carbocycles. The highest BCUT2D eigenvalue weighted by molar-refractivity contribution is 5.82. The Morgan fingerprint density at radius 1 is 0.315 bits per heavy atom. The van der Waals surface area contributed by atoms with Crippen molar-refractivity contribution in [2.24, 2.45) is 23.7 Å². The third-order valence-electron chi connectivity index (χ3n) is 22.2. The fourth-order valence-electron chi connectivity index (χ4n) is 15.2. The van der Waals surface area contributed by atoms with E-state index in [1.165, 1.54) is 13.3 Å². The first-order chi connectivity index (χ1) is 51.5. The van der Waals surface area contributed by atoms with Crippen LogP contribution in [0.15, 0.2) is 117 Å². The van der Waals surface area contributed by atoms with Crippen LogP contribution in [-0.2, 0) is 23.7 Å². The second kappa shape index (κ2) is 32.1. The van der Waals surface area contributed by atoms with E-state index in [2.05, 4.69) is 29.9 Å². The predicted octanol–water partition coefficient (Wildman–Crippen LogP) is 3.17. The second-order valence-electron chi connectivity index (χ2n) is 30.5. The molecule has 17 rings (SSSR count). The maximum absolute atomic E-state index is 10.3. The van der Waals surface area contributed by atoms with Gasteiger partial charge in [-0.3, -0.25) is 0 Å². The summed E-state index contributed by atoms with van der Waals surface area (Å²) in [6.07, 6.45) is -1.93. The number of hydrogen-bond acceptors (Lipinski definition) is 26. The number of rotatable bonds is 14. The number of aromatic nitrogens is 11. The van der Waals surface area contributed by atoms with Crippen LogP contribution in [0.3, 0.4) is 0 Å². The standard InChI is InChI=1S/2C16H20N2O4.C16H22N2O4.C15H21N3O4.C14H18N2O4/c2*1-8-4-6-17-15-10(8)5-7-18(15)16-13(21)12(20)14(22-16)11(19)9-2-3-9;1-8(2)11(19)14-12(20)13(21)16(22-14)18-7-5-10-9(3)4-6-17-15(10)18;1-7(2)10(19)13-11(20)12(21)15(22-13)18-5-4-9-8(3)16-6-17-14(9)18;1-7-3-5-15-13-9(7)4-6-16(13)14-11(19)10(18)12(20-14)8(2)17/h2*4-7,9,11-14,16,19-21H,2-3H2,1H3;4-8,11-14,16,19-21H,1-3H3;4-7,10-13,15,19-21H,1-3H3;3-6,8,10-12,14,17-19H,1-2H3. The van der Waals surface area contributed by atoms with Gasteiger partial charge in [0.2, 0.25) is 0 Å². The average molecular weight is 1500 g/mol. The predicted molar refractivity (Wildman–Crippen MR) is 391 cm³/mol. The molecule has 25 unspecified atom stereocenters. The van der Waals surface area contributed by atoms with Crippen LogP contribution in [0.2, 0.25) is 0 Å². The number of aryl methyl sites for hydroxylation is 5. The molecule has 7 fully saturated rings. The van der Waals surface area contributed by atoms with Gasteiger partial charge in [-0.15, -0.1) is 0 Å². The minimum Gasteiger partial charge on any atom is -0.391 e. The van der Waals surface area contributed by atoms with Crippen molar-refractivity contribution in [3.63, 3.8) is 0 Å². The summed E-state index contributed by atoms with van der Waals surface area (Å²) in [6, 6.07) is 17.2. The van der Waals surface area contributed by atoms with Gasteiger partial charge in [0, 0.05) is 82.7 Å². The topological polar surface area (TPSA) is 452 Å². The zero-order chi connectivity index (χ0) is 77.3. The molecule has 15 N–H and O–H groups in total. The Kier molecular flexibility index (Phi) is 23.4. The highest BCUT2D eigenvalue weighted by atomic mass is 16.6. The van der Waals surface area contributed by atoms with E-state index in [9.17, 15) is 76.6 Å². The van der Waals surface area contributed by atoms with Crippen molar-refractivity contribution in [3.05, 3.63) is 145 Å². The molecule has 10 aromatic rings. The second-order valence-corrected chi connectivity index (χ2v) is 30.5. The van der Waals surface area contributed by atoms with Gasteiger partial charge >= 0.3 is 0 Å². The summed E-state index contributed by atoms with van der Waals surface area (Å²) in [5, 5.41) is 157. The summed E-state index contributed by atoms with van der Waals surface area (Å²) in [6.45, 7) is 18.7. The zero-order valence-corrected chi connectivity index (χ0v) is 61.7. The third-order valence-corrected chi connectivity index (χ3v) is 22.2. The number of fused-ring (bicyclic) bond motifs is 5. The first-order valence-electron chi connectivity index (χ1n) is 36.9. The molecule has 15 heterocycles. The van der Waals surface area contributed by atoms with Crippen molar-refractivity contribution >= 4 is 55.2 Å². The molecule has 5 saturated heterocycles. The van der Waals surface area contributed by atoms with Crippen LogP contribution in [0, 0.1) is 58.3 Å². The van der Waals surface area contributed by atoms with E-state index < -0.39 is 153 Å². The Balaban J connectivity index is 0.000000119. The molecule has 0 radical (unpaired) electrons. The molecule has 584 valence electrons. The van der Waals surface area contributed by atoms with Crippen LogP contribution in [0.1, 0.15) is 119 Å². The molecule has 31 heteroatoms. The van der Waals surface area contributed by atoms with Crippen LogP contribution >= 0.6 is 0 Å². The Labute approximate surface area is 622 Å². The Morgan fingerprint density at radius 2 is 0.565 bits per heavy atom. The normalized spacial score (nSPS) is 31.9. The SMILES string of the molecule is Cc1ccnc2c1ccn2C1OC(C(C)O)C(O)C1O.Cc1ccnc2c1ccn2C1OC(C(O)C(C)C)C(O)C1O.Cc1ccnc2c1ccn2C1OC(C(O)C2CC2)C(O)C1O.Cc1ccnc2c1ccn2C1OC(C(O)C2CC2)C(O)C1O.Cc1ncnc2c1ccn2C1OC(C(O)C(C)C)C(O)C1O. The number of ether oxygens (including phenoxy) is 5. The van der Waals surface area contributed by atoms with Gasteiger partial charge in [-0.25, -0.2) is 29.9 Å². The molecule has 0 spiro atoms. The number of aliphatic hydroxyl groups is 15. The van der Waals surface area contributed by atoms with Gasteiger partial charge in [0.1, 0.15) is 126 Å². The molecule has 2 aliphatic carbocycles. The third kappa shape index (κ3) is 15.1. The molecule has 31 nitrogen and oxygen atoms in total. The van der Waals surface area contributed by atoms with E-state index >= 15 is 0 Å². The van der Waals surface area contributed by atoms with Crippen LogP contribution in [0.4, 0.5) is 0 Å². The minimum absolute atomic E-state index is 0.0765. The smallest absolute Gasteiger partial charge is 0.164 e. The van der Waals surface area contributed by atoms with Crippen molar-refractivity contribution in [2.45, 2.75) is 248 Å². The average Bonchev–Trinajstić information content (AvgIpc) is 1.64. The minimum atomic E-state index is -1.15. The van der Waals surface area contributed by atoms with Crippen molar-refractivity contribution in [1.29, 1.82) is 0 Å². The first-order valence-corrected chi connectivity index (χ1v) is 36.9. The summed E-state index contributed by atoms with van der Waals surface area (Å²) >= 11 is 0. The van der Waals surface area contributed by atoms with Gasteiger partial charge in [-0.2, -0.15) is 0 Å². The van der Waals surface area contributed by atoms with Gasteiger partial charge in [-0.1, -0.05) is 27.7 Å². The van der Waals surface area contributed by atoms with Crippen molar-refractivity contribution in [1.82, 2.24) is 52.7 Å². The summed E-state index contributed by atoms with van der Waals surface area (Å²) in [4.78, 5) is 25.7. The summed E-state index contributed by atoms with van der Waals surface area (Å²) in [5.74, 6) is 0.184. The van der Waals surface area contributed by atoms with Crippen LogP contribution in [-0.4, -0.2) is 251 Å². The molecule has 7 aliphatic rings. The molecule has 108 heavy (non-hydrogen) atoms. The number of aliphatic hydroxyl groups excluding tert-OH is 15. The van der Waals surface area contributed by atoms with Crippen molar-refractivity contribution < 1.29 is 100 Å². The highest BCUT2D eigenvalue weighted by Gasteiger charge is 2.54. The van der Waals surface area contributed by atoms with Crippen LogP contribution < -0.4 is 0 Å². The molecular formula is C77H101N11O20. The Morgan fingerprint density at radius 3 is 0.833 bits per heavy atom. The van der Waals surface area contributed by atoms with E-state index in [0.717, 1.165) is 80.6 Å². The van der Waals surface area contributed by atoms with E-state index in [-0.39, 0.29) is 23.7 Å². The lowest BCUT2D eigenvalue weighted by molar-refractivity contribution is -0.0961. The Bertz CT molecular complexity index is 4250. The number of nitrogens with zero attached hydrogens (tertiary/aromatic N) is 11. The molecule has 0 amide bonds. The van der Waals surface area contributed by atoms with Crippen LogP contribution in [0.5, 0.6) is 0 Å². The van der Waals surface area contributed by atoms with Crippen LogP contribution in [0.25, 0.3) is 55.2 Å². The molecule has 10 aromatic heterocycles. The maximum Gasteiger partial charge on any atom is 0.164 e.